The number of pyridine rings is 1. The number of alkyl halides is 1. The first-order chi connectivity index (χ1) is 7.66. The summed E-state index contributed by atoms with van der Waals surface area (Å²) in [5, 5.41) is 0.687. The van der Waals surface area contributed by atoms with Gasteiger partial charge in [0, 0.05) is 11.6 Å². The molecule has 1 unspecified atom stereocenters. The Labute approximate surface area is 124 Å². The lowest BCUT2D eigenvalue weighted by Crippen LogP contribution is -2.24. The Balaban J connectivity index is 3.19. The normalized spacial score (nSPS) is 13.6. The SMILES string of the molecule is CC(C)(C)C(=O)C(Br)c1ncc(Cl)c(Cl)c1Cl. The molecule has 0 aromatic carbocycles. The quantitative estimate of drug-likeness (QED) is 0.688. The molecule has 2 nitrogen and oxygen atoms in total. The summed E-state index contributed by atoms with van der Waals surface area (Å²) >= 11 is 21.0. The van der Waals surface area contributed by atoms with Crippen LogP contribution in [0.4, 0.5) is 0 Å². The summed E-state index contributed by atoms with van der Waals surface area (Å²) in [6, 6.07) is 0. The van der Waals surface area contributed by atoms with Gasteiger partial charge in [0.05, 0.1) is 20.8 Å². The van der Waals surface area contributed by atoms with E-state index in [0.717, 1.165) is 0 Å². The number of hydrogen-bond acceptors (Lipinski definition) is 2. The molecule has 1 aromatic heterocycles. The third-order valence-corrected chi connectivity index (χ3v) is 4.26. The molecule has 0 saturated carbocycles. The van der Waals surface area contributed by atoms with Gasteiger partial charge in [-0.2, -0.15) is 0 Å². The number of hydrogen-bond donors (Lipinski definition) is 0. The standard InChI is InChI=1S/C11H11BrCl3NO/c1-11(2,3)10(17)6(12)9-8(15)7(14)5(13)4-16-9/h4,6H,1-3H3. The molecule has 0 aliphatic rings. The maximum atomic E-state index is 12.1. The second kappa shape index (κ2) is 5.43. The highest BCUT2D eigenvalue weighted by atomic mass is 79.9. The van der Waals surface area contributed by atoms with E-state index in [-0.39, 0.29) is 20.9 Å². The molecule has 0 aliphatic heterocycles. The van der Waals surface area contributed by atoms with Crippen LogP contribution in [0.3, 0.4) is 0 Å². The van der Waals surface area contributed by atoms with Crippen molar-refractivity contribution < 1.29 is 4.79 Å². The molecule has 1 rings (SSSR count). The topological polar surface area (TPSA) is 30.0 Å². The molecular formula is C11H11BrCl3NO. The lowest BCUT2D eigenvalue weighted by molar-refractivity contribution is -0.125. The fraction of sp³-hybridized carbons (Fsp3) is 0.455. The van der Waals surface area contributed by atoms with Crippen molar-refractivity contribution in [1.82, 2.24) is 4.98 Å². The molecule has 17 heavy (non-hydrogen) atoms. The molecule has 0 bridgehead atoms. The zero-order chi connectivity index (χ0) is 13.4. The van der Waals surface area contributed by atoms with Crippen LogP contribution in [0.25, 0.3) is 0 Å². The van der Waals surface area contributed by atoms with Gasteiger partial charge in [0.15, 0.2) is 5.78 Å². The average Bonchev–Trinajstić information content (AvgIpc) is 2.23. The highest BCUT2D eigenvalue weighted by Gasteiger charge is 2.31. The van der Waals surface area contributed by atoms with E-state index in [4.69, 9.17) is 34.8 Å². The molecule has 0 fully saturated rings. The summed E-state index contributed by atoms with van der Waals surface area (Å²) in [6.07, 6.45) is 1.38. The third-order valence-electron chi connectivity index (χ3n) is 2.15. The molecule has 1 heterocycles. The van der Waals surface area contributed by atoms with Crippen LogP contribution in [0.5, 0.6) is 0 Å². The molecule has 94 valence electrons. The van der Waals surface area contributed by atoms with Gasteiger partial charge in [0.1, 0.15) is 4.83 Å². The second-order valence-electron chi connectivity index (χ2n) is 4.60. The molecular weight excluding hydrogens is 348 g/mol. The number of rotatable bonds is 2. The smallest absolute Gasteiger partial charge is 0.157 e. The Morgan fingerprint density at radius 1 is 1.29 bits per heavy atom. The summed E-state index contributed by atoms with van der Waals surface area (Å²) in [5.41, 5.74) is -0.105. The summed E-state index contributed by atoms with van der Waals surface area (Å²) in [7, 11) is 0. The van der Waals surface area contributed by atoms with Crippen molar-refractivity contribution in [2.45, 2.75) is 25.6 Å². The highest BCUT2D eigenvalue weighted by Crippen LogP contribution is 2.39. The van der Waals surface area contributed by atoms with Gasteiger partial charge >= 0.3 is 0 Å². The highest BCUT2D eigenvalue weighted by molar-refractivity contribution is 9.09. The van der Waals surface area contributed by atoms with Crippen molar-refractivity contribution >= 4 is 56.5 Å². The van der Waals surface area contributed by atoms with Gasteiger partial charge in [-0.05, 0) is 0 Å². The Morgan fingerprint density at radius 3 is 2.29 bits per heavy atom. The molecule has 0 saturated heterocycles. The van der Waals surface area contributed by atoms with Gasteiger partial charge < -0.3 is 0 Å². The van der Waals surface area contributed by atoms with Crippen LogP contribution in [-0.4, -0.2) is 10.8 Å². The summed E-state index contributed by atoms with van der Waals surface area (Å²) in [6.45, 7) is 5.49. The fourth-order valence-corrected chi connectivity index (χ4v) is 2.90. The molecule has 0 radical (unpaired) electrons. The van der Waals surface area contributed by atoms with Gasteiger partial charge in [-0.1, -0.05) is 71.5 Å². The molecule has 0 N–H and O–H groups in total. The first kappa shape index (κ1) is 15.2. The molecule has 0 spiro atoms. The Hall–Kier alpha value is 0.170. The number of ketones is 1. The molecule has 1 aromatic rings. The minimum Gasteiger partial charge on any atom is -0.297 e. The number of Topliss-reactive ketones (excluding diaryl/α,β-unsaturated/α-hetero) is 1. The van der Waals surface area contributed by atoms with E-state index in [1.807, 2.05) is 20.8 Å². The minimum absolute atomic E-state index is 0.0229. The monoisotopic (exact) mass is 357 g/mol. The van der Waals surface area contributed by atoms with Crippen molar-refractivity contribution in [1.29, 1.82) is 0 Å². The summed E-state index contributed by atoms with van der Waals surface area (Å²) < 4.78 is 0. The number of carbonyl (C=O) groups is 1. The lowest BCUT2D eigenvalue weighted by atomic mass is 9.88. The van der Waals surface area contributed by atoms with E-state index >= 15 is 0 Å². The molecule has 1 atom stereocenters. The number of carbonyl (C=O) groups excluding carboxylic acids is 1. The van der Waals surface area contributed by atoms with Crippen molar-refractivity contribution in [3.63, 3.8) is 0 Å². The number of aromatic nitrogens is 1. The van der Waals surface area contributed by atoms with E-state index in [1.54, 1.807) is 0 Å². The maximum Gasteiger partial charge on any atom is 0.157 e. The van der Waals surface area contributed by atoms with Crippen molar-refractivity contribution in [2.24, 2.45) is 5.41 Å². The van der Waals surface area contributed by atoms with Crippen LogP contribution >= 0.6 is 50.7 Å². The Morgan fingerprint density at radius 2 is 1.82 bits per heavy atom. The van der Waals surface area contributed by atoms with Gasteiger partial charge in [-0.25, -0.2) is 0 Å². The van der Waals surface area contributed by atoms with Crippen LogP contribution in [0.2, 0.25) is 15.1 Å². The Kier molecular flexibility index (Phi) is 4.87. The van der Waals surface area contributed by atoms with Gasteiger partial charge in [-0.3, -0.25) is 9.78 Å². The van der Waals surface area contributed by atoms with Crippen molar-refractivity contribution in [2.75, 3.05) is 0 Å². The van der Waals surface area contributed by atoms with E-state index in [1.165, 1.54) is 6.20 Å². The maximum absolute atomic E-state index is 12.1. The average molecular weight is 359 g/mol. The lowest BCUT2D eigenvalue weighted by Gasteiger charge is -2.21. The number of halogens is 4. The molecule has 0 aliphatic carbocycles. The van der Waals surface area contributed by atoms with Crippen molar-refractivity contribution in [3.8, 4) is 0 Å². The summed E-state index contributed by atoms with van der Waals surface area (Å²) in [4.78, 5) is 15.6. The van der Waals surface area contributed by atoms with E-state index in [9.17, 15) is 4.79 Å². The van der Waals surface area contributed by atoms with Gasteiger partial charge in [-0.15, -0.1) is 0 Å². The van der Waals surface area contributed by atoms with Crippen LogP contribution in [0.15, 0.2) is 6.20 Å². The Bertz CT molecular complexity index is 457. The zero-order valence-corrected chi connectivity index (χ0v) is 13.4. The molecule has 6 heteroatoms. The third kappa shape index (κ3) is 3.34. The predicted octanol–water partition coefficient (Wildman–Crippen LogP) is 5.09. The van der Waals surface area contributed by atoms with Crippen LogP contribution < -0.4 is 0 Å². The molecule has 0 amide bonds. The minimum atomic E-state index is -0.593. The fourth-order valence-electron chi connectivity index (χ4n) is 1.14. The van der Waals surface area contributed by atoms with Crippen LogP contribution in [0, 0.1) is 5.41 Å². The second-order valence-corrected chi connectivity index (χ2v) is 6.67. The summed E-state index contributed by atoms with van der Waals surface area (Å²) in [5.74, 6) is -0.0229. The van der Waals surface area contributed by atoms with Crippen LogP contribution in [-0.2, 0) is 4.79 Å². The van der Waals surface area contributed by atoms with Crippen molar-refractivity contribution in [3.05, 3.63) is 27.0 Å². The first-order valence-corrected chi connectivity index (χ1v) is 6.89. The first-order valence-electron chi connectivity index (χ1n) is 4.84. The van der Waals surface area contributed by atoms with E-state index < -0.39 is 10.2 Å². The van der Waals surface area contributed by atoms with Gasteiger partial charge in [0.25, 0.3) is 0 Å². The predicted molar refractivity (Wildman–Crippen MR) is 75.4 cm³/mol. The van der Waals surface area contributed by atoms with Crippen LogP contribution in [0.1, 0.15) is 31.3 Å². The number of nitrogens with zero attached hydrogens (tertiary/aromatic N) is 1. The van der Waals surface area contributed by atoms with Gasteiger partial charge in [0.2, 0.25) is 0 Å². The zero-order valence-electron chi connectivity index (χ0n) is 9.52. The van der Waals surface area contributed by atoms with E-state index in [0.29, 0.717) is 5.69 Å². The largest absolute Gasteiger partial charge is 0.297 e. The van der Waals surface area contributed by atoms with E-state index in [2.05, 4.69) is 20.9 Å².